The summed E-state index contributed by atoms with van der Waals surface area (Å²) >= 11 is 6.43. The summed E-state index contributed by atoms with van der Waals surface area (Å²) in [6, 6.07) is 14.2. The van der Waals surface area contributed by atoms with Gasteiger partial charge in [-0.15, -0.1) is 0 Å². The van der Waals surface area contributed by atoms with Gasteiger partial charge in [-0.1, -0.05) is 68.6 Å². The number of unbranched alkanes of at least 4 members (excludes halogenated alkanes) is 2. The third-order valence-electron chi connectivity index (χ3n) is 4.98. The van der Waals surface area contributed by atoms with E-state index in [1.54, 1.807) is 0 Å². The molecule has 0 saturated carbocycles. The number of hydrogen-bond donors (Lipinski definition) is 0. The van der Waals surface area contributed by atoms with Gasteiger partial charge in [0.25, 0.3) is 0 Å². The molecule has 4 heteroatoms. The second-order valence-corrected chi connectivity index (χ2v) is 7.45. The summed E-state index contributed by atoms with van der Waals surface area (Å²) in [5, 5.41) is 1.52. The lowest BCUT2D eigenvalue weighted by atomic mass is 10.0. The van der Waals surface area contributed by atoms with Gasteiger partial charge in [-0.25, -0.2) is 4.79 Å². The minimum absolute atomic E-state index is 0.337. The highest BCUT2D eigenvalue weighted by Gasteiger charge is 2.13. The minimum atomic E-state index is -0.405. The van der Waals surface area contributed by atoms with Crippen molar-refractivity contribution in [3.63, 3.8) is 0 Å². The number of halogens is 1. The normalized spacial score (nSPS) is 11.1. The Kier molecular flexibility index (Phi) is 7.16. The van der Waals surface area contributed by atoms with Crippen molar-refractivity contribution in [2.45, 2.75) is 52.4 Å². The zero-order valence-electron chi connectivity index (χ0n) is 16.6. The molecule has 3 nitrogen and oxygen atoms in total. The highest BCUT2D eigenvalue weighted by Crippen LogP contribution is 2.31. The molecule has 1 aromatic heterocycles. The summed E-state index contributed by atoms with van der Waals surface area (Å²) < 4.78 is 11.3. The van der Waals surface area contributed by atoms with Gasteiger partial charge in [0.05, 0.1) is 17.0 Å². The smallest absolute Gasteiger partial charge is 0.345 e. The Morgan fingerprint density at radius 2 is 1.71 bits per heavy atom. The zero-order chi connectivity index (χ0) is 19.9. The Balaban J connectivity index is 1.75. The molecule has 0 aliphatic rings. The van der Waals surface area contributed by atoms with E-state index in [-0.39, 0.29) is 0 Å². The van der Waals surface area contributed by atoms with Gasteiger partial charge in [0.2, 0.25) is 0 Å². The average molecular weight is 399 g/mol. The standard InChI is InChI=1S/C24H27ClO3/c1-3-5-6-15-27-21-14-12-19-16-20(28-24(26)22(19)23(21)25)13-11-18-9-7-17(4-2)8-10-18/h7-10,12,14,16H,3-6,11,13,15H2,1-2H3. The maximum Gasteiger partial charge on any atom is 0.345 e. The van der Waals surface area contributed by atoms with Gasteiger partial charge in [-0.3, -0.25) is 0 Å². The van der Waals surface area contributed by atoms with Crippen LogP contribution in [0, 0.1) is 0 Å². The van der Waals surface area contributed by atoms with Crippen LogP contribution in [0.25, 0.3) is 10.8 Å². The van der Waals surface area contributed by atoms with Gasteiger partial charge in [-0.2, -0.15) is 0 Å². The first kappa shape index (κ1) is 20.5. The lowest BCUT2D eigenvalue weighted by Crippen LogP contribution is -2.05. The van der Waals surface area contributed by atoms with Crippen molar-refractivity contribution < 1.29 is 9.15 Å². The molecule has 0 saturated heterocycles. The van der Waals surface area contributed by atoms with Crippen molar-refractivity contribution in [3.8, 4) is 5.75 Å². The van der Waals surface area contributed by atoms with Crippen molar-refractivity contribution in [1.82, 2.24) is 0 Å². The maximum absolute atomic E-state index is 12.5. The van der Waals surface area contributed by atoms with E-state index >= 15 is 0 Å². The Morgan fingerprint density at radius 1 is 0.964 bits per heavy atom. The third-order valence-corrected chi connectivity index (χ3v) is 5.36. The number of fused-ring (bicyclic) bond motifs is 1. The largest absolute Gasteiger partial charge is 0.492 e. The molecule has 148 valence electrons. The fourth-order valence-corrected chi connectivity index (χ4v) is 3.55. The number of ether oxygens (including phenoxy) is 1. The number of benzene rings is 2. The van der Waals surface area contributed by atoms with Crippen molar-refractivity contribution in [1.29, 1.82) is 0 Å². The predicted molar refractivity (Wildman–Crippen MR) is 116 cm³/mol. The van der Waals surface area contributed by atoms with Gasteiger partial charge in [0.15, 0.2) is 0 Å². The van der Waals surface area contributed by atoms with Crippen molar-refractivity contribution >= 4 is 22.4 Å². The molecule has 0 N–H and O–H groups in total. The summed E-state index contributed by atoms with van der Waals surface area (Å²) in [6.45, 7) is 4.89. The van der Waals surface area contributed by atoms with E-state index in [4.69, 9.17) is 20.8 Å². The van der Waals surface area contributed by atoms with Crippen LogP contribution in [-0.4, -0.2) is 6.61 Å². The van der Waals surface area contributed by atoms with Gasteiger partial charge in [-0.05, 0) is 47.9 Å². The number of hydrogen-bond acceptors (Lipinski definition) is 3. The number of rotatable bonds is 9. The van der Waals surface area contributed by atoms with Crippen molar-refractivity contribution in [2.24, 2.45) is 0 Å². The Labute approximate surface area is 171 Å². The van der Waals surface area contributed by atoms with Crippen LogP contribution in [0.5, 0.6) is 5.75 Å². The predicted octanol–water partition coefficient (Wildman–Crippen LogP) is 6.36. The fourth-order valence-electron chi connectivity index (χ4n) is 3.25. The van der Waals surface area contributed by atoms with E-state index in [1.165, 1.54) is 11.1 Å². The van der Waals surface area contributed by atoms with Crippen LogP contribution >= 0.6 is 11.6 Å². The molecule has 0 fully saturated rings. The monoisotopic (exact) mass is 398 g/mol. The first-order valence-electron chi connectivity index (χ1n) is 10.1. The molecule has 0 amide bonds. The molecular weight excluding hydrogens is 372 g/mol. The van der Waals surface area contributed by atoms with E-state index in [9.17, 15) is 4.79 Å². The molecule has 0 spiro atoms. The van der Waals surface area contributed by atoms with Crippen LogP contribution in [0.3, 0.4) is 0 Å². The van der Waals surface area contributed by atoms with Gasteiger partial charge >= 0.3 is 5.63 Å². The van der Waals surface area contributed by atoms with Gasteiger partial charge in [0, 0.05) is 6.42 Å². The van der Waals surface area contributed by atoms with E-state index in [1.807, 2.05) is 18.2 Å². The molecule has 0 bridgehead atoms. The fraction of sp³-hybridized carbons (Fsp3) is 0.375. The summed E-state index contributed by atoms with van der Waals surface area (Å²) in [7, 11) is 0. The lowest BCUT2D eigenvalue weighted by molar-refractivity contribution is 0.306. The minimum Gasteiger partial charge on any atom is -0.492 e. The highest BCUT2D eigenvalue weighted by atomic mass is 35.5. The first-order chi connectivity index (χ1) is 13.6. The second kappa shape index (κ2) is 9.79. The maximum atomic E-state index is 12.5. The molecule has 28 heavy (non-hydrogen) atoms. The first-order valence-corrected chi connectivity index (χ1v) is 10.5. The molecule has 2 aromatic carbocycles. The summed E-state index contributed by atoms with van der Waals surface area (Å²) in [4.78, 5) is 12.5. The Morgan fingerprint density at radius 3 is 2.43 bits per heavy atom. The van der Waals surface area contributed by atoms with E-state index < -0.39 is 5.63 Å². The van der Waals surface area contributed by atoms with Crippen LogP contribution < -0.4 is 10.4 Å². The van der Waals surface area contributed by atoms with Crippen LogP contribution in [0.4, 0.5) is 0 Å². The topological polar surface area (TPSA) is 39.4 Å². The lowest BCUT2D eigenvalue weighted by Gasteiger charge is -2.10. The van der Waals surface area contributed by atoms with Crippen LogP contribution in [-0.2, 0) is 19.3 Å². The van der Waals surface area contributed by atoms with E-state index in [2.05, 4.69) is 38.1 Å². The third kappa shape index (κ3) is 4.96. The van der Waals surface area contributed by atoms with Crippen LogP contribution in [0.2, 0.25) is 5.02 Å². The molecule has 0 atom stereocenters. The quantitative estimate of drug-likeness (QED) is 0.393. The molecule has 3 rings (SSSR count). The Hall–Kier alpha value is -2.26. The van der Waals surface area contributed by atoms with Gasteiger partial charge < -0.3 is 9.15 Å². The van der Waals surface area contributed by atoms with Crippen molar-refractivity contribution in [2.75, 3.05) is 6.61 Å². The summed E-state index contributed by atoms with van der Waals surface area (Å²) in [5.74, 6) is 1.21. The van der Waals surface area contributed by atoms with Crippen LogP contribution in [0.15, 0.2) is 51.7 Å². The SMILES string of the molecule is CCCCCOc1ccc2cc(CCc3ccc(CC)cc3)oc(=O)c2c1Cl. The summed E-state index contributed by atoms with van der Waals surface area (Å²) in [6.07, 6.45) is 5.73. The molecule has 3 aromatic rings. The molecular formula is C24H27ClO3. The molecule has 1 heterocycles. The molecule has 0 unspecified atom stereocenters. The molecule has 0 radical (unpaired) electrons. The highest BCUT2D eigenvalue weighted by molar-refractivity contribution is 6.36. The second-order valence-electron chi connectivity index (χ2n) is 7.07. The zero-order valence-corrected chi connectivity index (χ0v) is 17.3. The van der Waals surface area contributed by atoms with Crippen LogP contribution in [0.1, 0.15) is 50.0 Å². The molecule has 0 aliphatic heterocycles. The van der Waals surface area contributed by atoms with Crippen molar-refractivity contribution in [3.05, 3.63) is 74.8 Å². The molecule has 0 aliphatic carbocycles. The van der Waals surface area contributed by atoms with E-state index in [0.29, 0.717) is 34.9 Å². The van der Waals surface area contributed by atoms with Gasteiger partial charge in [0.1, 0.15) is 11.5 Å². The Bertz CT molecular complexity index is 974. The van der Waals surface area contributed by atoms with E-state index in [0.717, 1.165) is 37.5 Å². The number of aryl methyl sites for hydroxylation is 3. The summed E-state index contributed by atoms with van der Waals surface area (Å²) in [5.41, 5.74) is 2.15. The average Bonchev–Trinajstić information content (AvgIpc) is 2.71.